The van der Waals surface area contributed by atoms with Crippen LogP contribution >= 0.6 is 0 Å². The van der Waals surface area contributed by atoms with Crippen LogP contribution in [0.2, 0.25) is 0 Å². The predicted octanol–water partition coefficient (Wildman–Crippen LogP) is 2.42. The van der Waals surface area contributed by atoms with Gasteiger partial charge in [0, 0.05) is 18.0 Å². The van der Waals surface area contributed by atoms with E-state index in [-0.39, 0.29) is 6.61 Å². The van der Waals surface area contributed by atoms with E-state index in [9.17, 15) is 4.79 Å². The van der Waals surface area contributed by atoms with Crippen LogP contribution in [0.3, 0.4) is 0 Å². The fourth-order valence-corrected chi connectivity index (χ4v) is 1.68. The summed E-state index contributed by atoms with van der Waals surface area (Å²) in [5.41, 5.74) is 7.46. The SMILES string of the molecule is CCOc1ccc(C(=O)OCc2cccnc2)cc1N. The molecule has 0 amide bonds. The first kappa shape index (κ1) is 13.9. The normalized spacial score (nSPS) is 10.1. The number of rotatable bonds is 5. The molecule has 0 saturated carbocycles. The van der Waals surface area contributed by atoms with E-state index in [4.69, 9.17) is 15.2 Å². The maximum Gasteiger partial charge on any atom is 0.338 e. The Morgan fingerprint density at radius 2 is 2.20 bits per heavy atom. The predicted molar refractivity (Wildman–Crippen MR) is 75.4 cm³/mol. The minimum atomic E-state index is -0.427. The molecule has 2 rings (SSSR count). The van der Waals surface area contributed by atoms with Crippen LogP contribution in [0.25, 0.3) is 0 Å². The second-order valence-corrected chi connectivity index (χ2v) is 4.12. The van der Waals surface area contributed by atoms with Gasteiger partial charge in [-0.15, -0.1) is 0 Å². The Morgan fingerprint density at radius 3 is 2.85 bits per heavy atom. The first-order valence-corrected chi connectivity index (χ1v) is 6.29. The number of carbonyl (C=O) groups is 1. The zero-order chi connectivity index (χ0) is 14.4. The van der Waals surface area contributed by atoms with Gasteiger partial charge in [-0.05, 0) is 31.2 Å². The molecule has 0 bridgehead atoms. The molecule has 5 nitrogen and oxygen atoms in total. The first-order chi connectivity index (χ1) is 9.70. The number of carbonyl (C=O) groups excluding carboxylic acids is 1. The third-order valence-corrected chi connectivity index (χ3v) is 2.64. The molecule has 0 radical (unpaired) electrons. The molecule has 1 aromatic heterocycles. The molecule has 0 aliphatic heterocycles. The number of nitrogen functional groups attached to an aromatic ring is 1. The number of ether oxygens (including phenoxy) is 2. The van der Waals surface area contributed by atoms with Crippen LogP contribution in [0, 0.1) is 0 Å². The maximum absolute atomic E-state index is 11.9. The number of benzene rings is 1. The average Bonchev–Trinajstić information content (AvgIpc) is 2.48. The summed E-state index contributed by atoms with van der Waals surface area (Å²) in [7, 11) is 0. The summed E-state index contributed by atoms with van der Waals surface area (Å²) in [4.78, 5) is 15.9. The van der Waals surface area contributed by atoms with Crippen molar-refractivity contribution in [3.8, 4) is 5.75 Å². The van der Waals surface area contributed by atoms with E-state index in [0.29, 0.717) is 23.6 Å². The molecule has 0 saturated heterocycles. The van der Waals surface area contributed by atoms with E-state index in [2.05, 4.69) is 4.98 Å². The lowest BCUT2D eigenvalue weighted by Gasteiger charge is -2.09. The Labute approximate surface area is 117 Å². The number of aromatic nitrogens is 1. The van der Waals surface area contributed by atoms with Crippen LogP contribution in [-0.4, -0.2) is 17.6 Å². The standard InChI is InChI=1S/C15H16N2O3/c1-2-19-14-6-5-12(8-13(14)16)15(18)20-10-11-4-3-7-17-9-11/h3-9H,2,10,16H2,1H3. The van der Waals surface area contributed by atoms with Gasteiger partial charge >= 0.3 is 5.97 Å². The van der Waals surface area contributed by atoms with Gasteiger partial charge in [-0.2, -0.15) is 0 Å². The molecule has 0 spiro atoms. The van der Waals surface area contributed by atoms with E-state index < -0.39 is 5.97 Å². The van der Waals surface area contributed by atoms with Gasteiger partial charge in [0.25, 0.3) is 0 Å². The lowest BCUT2D eigenvalue weighted by molar-refractivity contribution is 0.0472. The molecular formula is C15H16N2O3. The van der Waals surface area contributed by atoms with Crippen molar-refractivity contribution in [2.24, 2.45) is 0 Å². The van der Waals surface area contributed by atoms with Crippen molar-refractivity contribution in [1.82, 2.24) is 4.98 Å². The highest BCUT2D eigenvalue weighted by molar-refractivity contribution is 5.91. The zero-order valence-electron chi connectivity index (χ0n) is 11.2. The zero-order valence-corrected chi connectivity index (χ0v) is 11.2. The fourth-order valence-electron chi connectivity index (χ4n) is 1.68. The van der Waals surface area contributed by atoms with Crippen molar-refractivity contribution in [3.63, 3.8) is 0 Å². The third-order valence-electron chi connectivity index (χ3n) is 2.64. The van der Waals surface area contributed by atoms with E-state index in [1.54, 1.807) is 36.7 Å². The Bertz CT molecular complexity index is 585. The number of anilines is 1. The van der Waals surface area contributed by atoms with Gasteiger partial charge in [0.2, 0.25) is 0 Å². The van der Waals surface area contributed by atoms with Gasteiger partial charge in [-0.1, -0.05) is 6.07 Å². The Morgan fingerprint density at radius 1 is 1.35 bits per heavy atom. The van der Waals surface area contributed by atoms with Crippen molar-refractivity contribution in [1.29, 1.82) is 0 Å². The smallest absolute Gasteiger partial charge is 0.338 e. The van der Waals surface area contributed by atoms with E-state index >= 15 is 0 Å². The summed E-state index contributed by atoms with van der Waals surface area (Å²) in [6, 6.07) is 8.48. The van der Waals surface area contributed by atoms with Crippen molar-refractivity contribution < 1.29 is 14.3 Å². The van der Waals surface area contributed by atoms with Gasteiger partial charge < -0.3 is 15.2 Å². The lowest BCUT2D eigenvalue weighted by atomic mass is 10.2. The summed E-state index contributed by atoms with van der Waals surface area (Å²) in [5, 5.41) is 0. The Kier molecular flexibility index (Phi) is 4.55. The average molecular weight is 272 g/mol. The van der Waals surface area contributed by atoms with Crippen LogP contribution in [0.5, 0.6) is 5.75 Å². The van der Waals surface area contributed by atoms with Gasteiger partial charge in [0.1, 0.15) is 12.4 Å². The molecule has 0 atom stereocenters. The molecule has 104 valence electrons. The third kappa shape index (κ3) is 3.47. The first-order valence-electron chi connectivity index (χ1n) is 6.29. The second-order valence-electron chi connectivity index (χ2n) is 4.12. The molecule has 0 aliphatic carbocycles. The summed E-state index contributed by atoms with van der Waals surface area (Å²) in [5.74, 6) is 0.139. The molecule has 2 aromatic rings. The summed E-state index contributed by atoms with van der Waals surface area (Å²) in [6.07, 6.45) is 3.32. The van der Waals surface area contributed by atoms with Crippen LogP contribution < -0.4 is 10.5 Å². The molecule has 20 heavy (non-hydrogen) atoms. The quantitative estimate of drug-likeness (QED) is 0.668. The van der Waals surface area contributed by atoms with Gasteiger partial charge in [0.05, 0.1) is 17.9 Å². The maximum atomic E-state index is 11.9. The molecule has 5 heteroatoms. The topological polar surface area (TPSA) is 74.4 Å². The van der Waals surface area contributed by atoms with Gasteiger partial charge in [0.15, 0.2) is 0 Å². The van der Waals surface area contributed by atoms with Crippen molar-refractivity contribution in [3.05, 3.63) is 53.9 Å². The summed E-state index contributed by atoms with van der Waals surface area (Å²) in [6.45, 7) is 2.57. The second kappa shape index (κ2) is 6.56. The largest absolute Gasteiger partial charge is 0.492 e. The summed E-state index contributed by atoms with van der Waals surface area (Å²) >= 11 is 0. The number of hydrogen-bond acceptors (Lipinski definition) is 5. The molecule has 1 aromatic carbocycles. The monoisotopic (exact) mass is 272 g/mol. The lowest BCUT2D eigenvalue weighted by Crippen LogP contribution is -2.07. The minimum absolute atomic E-state index is 0.180. The van der Waals surface area contributed by atoms with E-state index in [1.807, 2.05) is 13.0 Å². The minimum Gasteiger partial charge on any atom is -0.492 e. The number of nitrogens with zero attached hydrogens (tertiary/aromatic N) is 1. The van der Waals surface area contributed by atoms with Crippen LogP contribution in [0.1, 0.15) is 22.8 Å². The highest BCUT2D eigenvalue weighted by atomic mass is 16.5. The Balaban J connectivity index is 2.00. The fraction of sp³-hybridized carbons (Fsp3) is 0.200. The number of pyridine rings is 1. The van der Waals surface area contributed by atoms with E-state index in [0.717, 1.165) is 5.56 Å². The van der Waals surface area contributed by atoms with Crippen LogP contribution in [-0.2, 0) is 11.3 Å². The highest BCUT2D eigenvalue weighted by Gasteiger charge is 2.10. The summed E-state index contributed by atoms with van der Waals surface area (Å²) < 4.78 is 10.5. The molecule has 2 N–H and O–H groups in total. The Hall–Kier alpha value is -2.56. The molecular weight excluding hydrogens is 256 g/mol. The van der Waals surface area contributed by atoms with Gasteiger partial charge in [-0.3, -0.25) is 4.98 Å². The van der Waals surface area contributed by atoms with Crippen LogP contribution in [0.4, 0.5) is 5.69 Å². The van der Waals surface area contributed by atoms with Gasteiger partial charge in [-0.25, -0.2) is 4.79 Å². The van der Waals surface area contributed by atoms with Crippen molar-refractivity contribution in [2.45, 2.75) is 13.5 Å². The molecule has 0 aliphatic rings. The number of nitrogens with two attached hydrogens (primary N) is 1. The van der Waals surface area contributed by atoms with E-state index in [1.165, 1.54) is 0 Å². The highest BCUT2D eigenvalue weighted by Crippen LogP contribution is 2.23. The van der Waals surface area contributed by atoms with Crippen molar-refractivity contribution in [2.75, 3.05) is 12.3 Å². The molecule has 0 unspecified atom stereocenters. The van der Waals surface area contributed by atoms with Crippen molar-refractivity contribution >= 4 is 11.7 Å². The number of hydrogen-bond donors (Lipinski definition) is 1. The molecule has 1 heterocycles. The van der Waals surface area contributed by atoms with Crippen LogP contribution in [0.15, 0.2) is 42.7 Å². The molecule has 0 fully saturated rings. The number of esters is 1.